The van der Waals surface area contributed by atoms with Gasteiger partial charge < -0.3 is 20.1 Å². The second-order valence-electron chi connectivity index (χ2n) is 6.10. The Kier molecular flexibility index (Phi) is 6.55. The number of hydrogen-bond donors (Lipinski definition) is 2. The summed E-state index contributed by atoms with van der Waals surface area (Å²) in [7, 11) is 0. The minimum atomic E-state index is -4.75. The Morgan fingerprint density at radius 3 is 2.22 bits per heavy atom. The molecule has 5 nitrogen and oxygen atoms in total. The normalized spacial score (nSPS) is 12.2. The van der Waals surface area contributed by atoms with Crippen LogP contribution in [0.4, 0.5) is 23.7 Å². The first kappa shape index (κ1) is 20.4. The van der Waals surface area contributed by atoms with E-state index in [0.29, 0.717) is 5.69 Å². The quantitative estimate of drug-likeness (QED) is 0.755. The summed E-state index contributed by atoms with van der Waals surface area (Å²) >= 11 is 0. The van der Waals surface area contributed by atoms with Crippen LogP contribution in [0.2, 0.25) is 0 Å². The second-order valence-corrected chi connectivity index (χ2v) is 6.10. The van der Waals surface area contributed by atoms with Crippen molar-refractivity contribution in [3.63, 3.8) is 0 Å². The summed E-state index contributed by atoms with van der Waals surface area (Å²) in [6, 6.07) is 9.94. The fourth-order valence-electron chi connectivity index (χ4n) is 2.41. The molecule has 0 saturated heterocycles. The van der Waals surface area contributed by atoms with Crippen molar-refractivity contribution in [2.24, 2.45) is 0 Å². The fourth-order valence-corrected chi connectivity index (χ4v) is 2.41. The first-order valence-corrected chi connectivity index (χ1v) is 8.26. The summed E-state index contributed by atoms with van der Waals surface area (Å²) in [6.07, 6.45) is -4.75. The Balaban J connectivity index is 1.82. The van der Waals surface area contributed by atoms with Crippen LogP contribution in [0.1, 0.15) is 18.1 Å². The van der Waals surface area contributed by atoms with Crippen LogP contribution in [0.5, 0.6) is 11.5 Å². The van der Waals surface area contributed by atoms with Crippen molar-refractivity contribution in [2.45, 2.75) is 33.2 Å². The second kappa shape index (κ2) is 8.66. The van der Waals surface area contributed by atoms with Crippen LogP contribution in [0.15, 0.2) is 42.5 Å². The van der Waals surface area contributed by atoms with Crippen LogP contribution in [0, 0.1) is 13.8 Å². The summed E-state index contributed by atoms with van der Waals surface area (Å²) in [5.41, 5.74) is 2.35. The van der Waals surface area contributed by atoms with E-state index in [9.17, 15) is 18.0 Å². The molecular weight excluding hydrogens is 361 g/mol. The maximum Gasteiger partial charge on any atom is 0.573 e. The van der Waals surface area contributed by atoms with E-state index in [0.717, 1.165) is 29.0 Å². The number of benzene rings is 2. The van der Waals surface area contributed by atoms with E-state index in [1.165, 1.54) is 12.1 Å². The van der Waals surface area contributed by atoms with Crippen LogP contribution in [0.3, 0.4) is 0 Å². The van der Waals surface area contributed by atoms with Gasteiger partial charge in [-0.2, -0.15) is 0 Å². The summed E-state index contributed by atoms with van der Waals surface area (Å²) in [6.45, 7) is 5.95. The summed E-state index contributed by atoms with van der Waals surface area (Å²) in [5, 5.41) is 5.25. The monoisotopic (exact) mass is 382 g/mol. The number of amides is 2. The molecule has 0 saturated carbocycles. The van der Waals surface area contributed by atoms with Gasteiger partial charge in [-0.05, 0) is 56.2 Å². The summed E-state index contributed by atoms with van der Waals surface area (Å²) in [5.74, 6) is 0.427. The molecule has 0 aliphatic carbocycles. The van der Waals surface area contributed by atoms with Crippen molar-refractivity contribution in [3.05, 3.63) is 53.6 Å². The van der Waals surface area contributed by atoms with Gasteiger partial charge in [-0.15, -0.1) is 13.2 Å². The van der Waals surface area contributed by atoms with Crippen LogP contribution in [-0.4, -0.2) is 25.0 Å². The molecule has 2 N–H and O–H groups in total. The van der Waals surface area contributed by atoms with E-state index in [4.69, 9.17) is 4.74 Å². The Morgan fingerprint density at radius 2 is 1.67 bits per heavy atom. The van der Waals surface area contributed by atoms with Crippen molar-refractivity contribution in [2.75, 3.05) is 11.9 Å². The predicted molar refractivity (Wildman–Crippen MR) is 96.2 cm³/mol. The zero-order chi connectivity index (χ0) is 20.0. The van der Waals surface area contributed by atoms with E-state index in [2.05, 4.69) is 15.4 Å². The summed E-state index contributed by atoms with van der Waals surface area (Å²) < 4.78 is 45.9. The molecule has 0 radical (unpaired) electrons. The maximum absolute atomic E-state index is 12.1. The molecule has 27 heavy (non-hydrogen) atoms. The minimum Gasteiger partial charge on any atom is -0.491 e. The van der Waals surface area contributed by atoms with Crippen LogP contribution in [0.25, 0.3) is 0 Å². The zero-order valence-electron chi connectivity index (χ0n) is 15.2. The van der Waals surface area contributed by atoms with Crippen molar-refractivity contribution in [3.8, 4) is 11.5 Å². The van der Waals surface area contributed by atoms with Crippen LogP contribution in [-0.2, 0) is 0 Å². The van der Waals surface area contributed by atoms with Crippen molar-refractivity contribution in [1.82, 2.24) is 5.32 Å². The zero-order valence-corrected chi connectivity index (χ0v) is 15.2. The van der Waals surface area contributed by atoms with Gasteiger partial charge in [-0.3, -0.25) is 0 Å². The molecule has 0 aromatic heterocycles. The first-order valence-electron chi connectivity index (χ1n) is 8.26. The highest BCUT2D eigenvalue weighted by Crippen LogP contribution is 2.24. The third kappa shape index (κ3) is 6.73. The Bertz CT molecular complexity index is 757. The molecule has 0 spiro atoms. The number of halogens is 3. The third-order valence-electron chi connectivity index (χ3n) is 3.61. The van der Waals surface area contributed by atoms with Crippen LogP contribution < -0.4 is 20.1 Å². The van der Waals surface area contributed by atoms with Gasteiger partial charge in [0.15, 0.2) is 0 Å². The molecule has 0 fully saturated rings. The molecule has 146 valence electrons. The number of nitrogens with one attached hydrogen (secondary N) is 2. The van der Waals surface area contributed by atoms with Gasteiger partial charge in [0.2, 0.25) is 0 Å². The number of rotatable bonds is 6. The SMILES string of the molecule is Cc1cccc(C)c1OCC(C)NC(=O)Nc1ccc(OC(F)(F)F)cc1. The van der Waals surface area contributed by atoms with Gasteiger partial charge in [0.05, 0.1) is 6.04 Å². The minimum absolute atomic E-state index is 0.275. The van der Waals surface area contributed by atoms with Crippen molar-refractivity contribution >= 4 is 11.7 Å². The number of ether oxygens (including phenoxy) is 2. The molecule has 0 heterocycles. The largest absolute Gasteiger partial charge is 0.573 e. The molecule has 0 bridgehead atoms. The van der Waals surface area contributed by atoms with Gasteiger partial charge >= 0.3 is 12.4 Å². The van der Waals surface area contributed by atoms with E-state index in [1.807, 2.05) is 32.0 Å². The van der Waals surface area contributed by atoms with Gasteiger partial charge in [0.1, 0.15) is 18.1 Å². The molecule has 0 aliphatic rings. The summed E-state index contributed by atoms with van der Waals surface area (Å²) in [4.78, 5) is 12.0. The highest BCUT2D eigenvalue weighted by Gasteiger charge is 2.30. The predicted octanol–water partition coefficient (Wildman–Crippen LogP) is 4.79. The molecule has 8 heteroatoms. The maximum atomic E-state index is 12.1. The lowest BCUT2D eigenvalue weighted by Gasteiger charge is -2.18. The van der Waals surface area contributed by atoms with Gasteiger partial charge in [0.25, 0.3) is 0 Å². The average molecular weight is 382 g/mol. The van der Waals surface area contributed by atoms with Gasteiger partial charge in [0, 0.05) is 5.69 Å². The lowest BCUT2D eigenvalue weighted by molar-refractivity contribution is -0.274. The number of carbonyl (C=O) groups excluding carboxylic acids is 1. The first-order chi connectivity index (χ1) is 12.6. The highest BCUT2D eigenvalue weighted by atomic mass is 19.4. The lowest BCUT2D eigenvalue weighted by Crippen LogP contribution is -2.39. The van der Waals surface area contributed by atoms with Crippen molar-refractivity contribution < 1.29 is 27.4 Å². The number of aryl methyl sites for hydroxylation is 2. The van der Waals surface area contributed by atoms with E-state index < -0.39 is 12.4 Å². The third-order valence-corrected chi connectivity index (χ3v) is 3.61. The highest BCUT2D eigenvalue weighted by molar-refractivity contribution is 5.89. The Labute approximate surface area is 155 Å². The molecule has 2 aromatic carbocycles. The molecule has 1 unspecified atom stereocenters. The van der Waals surface area contributed by atoms with Crippen LogP contribution >= 0.6 is 0 Å². The van der Waals surface area contributed by atoms with E-state index >= 15 is 0 Å². The molecule has 0 aliphatic heterocycles. The Hall–Kier alpha value is -2.90. The number of hydrogen-bond acceptors (Lipinski definition) is 3. The standard InChI is InChI=1S/C19H21F3N2O3/c1-12-5-4-6-13(2)17(12)26-11-14(3)23-18(25)24-15-7-9-16(10-8-15)27-19(20,21)22/h4-10,14H,11H2,1-3H3,(H2,23,24,25). The van der Waals surface area contributed by atoms with Gasteiger partial charge in [-0.1, -0.05) is 18.2 Å². The topological polar surface area (TPSA) is 59.6 Å². The molecule has 2 amide bonds. The number of anilines is 1. The van der Waals surface area contributed by atoms with E-state index in [1.54, 1.807) is 6.92 Å². The smallest absolute Gasteiger partial charge is 0.491 e. The molecule has 1 atom stereocenters. The Morgan fingerprint density at radius 1 is 1.07 bits per heavy atom. The molecule has 2 rings (SSSR count). The van der Waals surface area contributed by atoms with E-state index in [-0.39, 0.29) is 18.4 Å². The number of para-hydroxylation sites is 1. The number of urea groups is 1. The lowest BCUT2D eigenvalue weighted by atomic mass is 10.1. The average Bonchev–Trinajstić information content (AvgIpc) is 2.55. The fraction of sp³-hybridized carbons (Fsp3) is 0.316. The number of alkyl halides is 3. The number of carbonyl (C=O) groups is 1. The van der Waals surface area contributed by atoms with Crippen molar-refractivity contribution in [1.29, 1.82) is 0 Å². The molecule has 2 aromatic rings. The molecular formula is C19H21F3N2O3. The van der Waals surface area contributed by atoms with Gasteiger partial charge in [-0.25, -0.2) is 4.79 Å².